The lowest BCUT2D eigenvalue weighted by molar-refractivity contribution is -0.141. The number of aromatic nitrogens is 1. The van der Waals surface area contributed by atoms with E-state index < -0.39 is 23.7 Å². The number of pyridine rings is 1. The summed E-state index contributed by atoms with van der Waals surface area (Å²) in [5, 5.41) is 8.95. The fourth-order valence-electron chi connectivity index (χ4n) is 2.24. The highest BCUT2D eigenvalue weighted by atomic mass is 19.4. The lowest BCUT2D eigenvalue weighted by Crippen LogP contribution is -2.15. The third kappa shape index (κ3) is 3.40. The summed E-state index contributed by atoms with van der Waals surface area (Å²) < 4.78 is 43.0. The number of carboxylic acids is 1. The van der Waals surface area contributed by atoms with Gasteiger partial charge in [-0.05, 0) is 30.9 Å². The van der Waals surface area contributed by atoms with Crippen molar-refractivity contribution in [3.8, 4) is 5.88 Å². The molecule has 4 nitrogen and oxygen atoms in total. The SMILES string of the molecule is O=C(O)c1ccc(C(F)(F)F)nc1OCC1CCCC1. The zero-order chi connectivity index (χ0) is 14.8. The Morgan fingerprint density at radius 1 is 1.35 bits per heavy atom. The second-order valence-electron chi connectivity index (χ2n) is 4.81. The molecule has 1 fully saturated rings. The maximum Gasteiger partial charge on any atom is 0.433 e. The van der Waals surface area contributed by atoms with Gasteiger partial charge in [0.1, 0.15) is 11.3 Å². The molecule has 1 aromatic rings. The smallest absolute Gasteiger partial charge is 0.433 e. The molecule has 1 heterocycles. The largest absolute Gasteiger partial charge is 0.477 e. The van der Waals surface area contributed by atoms with Crippen LogP contribution in [-0.2, 0) is 6.18 Å². The Kier molecular flexibility index (Phi) is 4.15. The third-order valence-corrected chi connectivity index (χ3v) is 3.31. The molecule has 1 N–H and O–H groups in total. The van der Waals surface area contributed by atoms with Crippen molar-refractivity contribution in [2.45, 2.75) is 31.9 Å². The van der Waals surface area contributed by atoms with Gasteiger partial charge in [0.15, 0.2) is 0 Å². The summed E-state index contributed by atoms with van der Waals surface area (Å²) in [6.07, 6.45) is -0.600. The van der Waals surface area contributed by atoms with Crippen molar-refractivity contribution in [1.82, 2.24) is 4.98 Å². The number of halogens is 3. The summed E-state index contributed by atoms with van der Waals surface area (Å²) in [6, 6.07) is 1.52. The van der Waals surface area contributed by atoms with Crippen molar-refractivity contribution in [2.24, 2.45) is 5.92 Å². The number of carboxylic acid groups (broad SMARTS) is 1. The van der Waals surface area contributed by atoms with Crippen molar-refractivity contribution in [3.63, 3.8) is 0 Å². The number of alkyl halides is 3. The molecule has 20 heavy (non-hydrogen) atoms. The lowest BCUT2D eigenvalue weighted by atomic mass is 10.1. The van der Waals surface area contributed by atoms with Gasteiger partial charge in [-0.25, -0.2) is 9.78 Å². The van der Waals surface area contributed by atoms with Gasteiger partial charge in [0.05, 0.1) is 6.61 Å². The van der Waals surface area contributed by atoms with Gasteiger partial charge in [-0.1, -0.05) is 12.8 Å². The summed E-state index contributed by atoms with van der Waals surface area (Å²) in [7, 11) is 0. The van der Waals surface area contributed by atoms with Crippen LogP contribution < -0.4 is 4.74 Å². The first-order valence-corrected chi connectivity index (χ1v) is 6.32. The predicted octanol–water partition coefficient (Wildman–Crippen LogP) is 3.37. The average molecular weight is 289 g/mol. The molecular weight excluding hydrogens is 275 g/mol. The summed E-state index contributed by atoms with van der Waals surface area (Å²) in [5.41, 5.74) is -1.50. The molecule has 0 radical (unpaired) electrons. The first kappa shape index (κ1) is 14.6. The molecule has 0 saturated heterocycles. The van der Waals surface area contributed by atoms with Gasteiger partial charge in [0.25, 0.3) is 0 Å². The summed E-state index contributed by atoms with van der Waals surface area (Å²) in [6.45, 7) is 0.203. The van der Waals surface area contributed by atoms with Crippen molar-refractivity contribution in [2.75, 3.05) is 6.61 Å². The zero-order valence-electron chi connectivity index (χ0n) is 10.6. The maximum absolute atomic E-state index is 12.6. The molecule has 0 aliphatic heterocycles. The Labute approximate surface area is 113 Å². The molecule has 0 spiro atoms. The van der Waals surface area contributed by atoms with Crippen LogP contribution in [0.5, 0.6) is 5.88 Å². The van der Waals surface area contributed by atoms with Crippen LogP contribution >= 0.6 is 0 Å². The summed E-state index contributed by atoms with van der Waals surface area (Å²) >= 11 is 0. The van der Waals surface area contributed by atoms with Crippen molar-refractivity contribution < 1.29 is 27.8 Å². The highest BCUT2D eigenvalue weighted by molar-refractivity contribution is 5.90. The first-order valence-electron chi connectivity index (χ1n) is 6.32. The molecule has 1 saturated carbocycles. The number of nitrogens with zero attached hydrogens (tertiary/aromatic N) is 1. The molecule has 110 valence electrons. The van der Waals surface area contributed by atoms with E-state index in [1.807, 2.05) is 0 Å². The van der Waals surface area contributed by atoms with Gasteiger partial charge in [0, 0.05) is 0 Å². The molecule has 7 heteroatoms. The zero-order valence-corrected chi connectivity index (χ0v) is 10.6. The van der Waals surface area contributed by atoms with Gasteiger partial charge >= 0.3 is 12.1 Å². The minimum atomic E-state index is -4.62. The van der Waals surface area contributed by atoms with E-state index in [1.165, 1.54) is 0 Å². The number of carbonyl (C=O) groups is 1. The first-order chi connectivity index (χ1) is 9.38. The molecule has 1 aliphatic rings. The number of hydrogen-bond acceptors (Lipinski definition) is 3. The van der Waals surface area contributed by atoms with E-state index in [1.54, 1.807) is 0 Å². The summed E-state index contributed by atoms with van der Waals surface area (Å²) in [4.78, 5) is 14.3. The third-order valence-electron chi connectivity index (χ3n) is 3.31. The quantitative estimate of drug-likeness (QED) is 0.923. The van der Waals surface area contributed by atoms with E-state index in [0.29, 0.717) is 6.07 Å². The van der Waals surface area contributed by atoms with Gasteiger partial charge in [-0.2, -0.15) is 13.2 Å². The van der Waals surface area contributed by atoms with Crippen molar-refractivity contribution in [1.29, 1.82) is 0 Å². The standard InChI is InChI=1S/C13H14F3NO3/c14-13(15,16)10-6-5-9(12(18)19)11(17-10)20-7-8-3-1-2-4-8/h5-6,8H,1-4,7H2,(H,18,19). The van der Waals surface area contributed by atoms with Crippen LogP contribution in [0.4, 0.5) is 13.2 Å². The Morgan fingerprint density at radius 3 is 2.55 bits per heavy atom. The number of aromatic carboxylic acids is 1. The maximum atomic E-state index is 12.6. The molecule has 0 aromatic carbocycles. The highest BCUT2D eigenvalue weighted by Crippen LogP contribution is 2.31. The van der Waals surface area contributed by atoms with Crippen molar-refractivity contribution >= 4 is 5.97 Å². The van der Waals surface area contributed by atoms with Crippen LogP contribution in [0, 0.1) is 5.92 Å². The molecule has 1 aromatic heterocycles. The fraction of sp³-hybridized carbons (Fsp3) is 0.538. The molecule has 0 atom stereocenters. The van der Waals surface area contributed by atoms with Gasteiger partial charge < -0.3 is 9.84 Å². The summed E-state index contributed by atoms with van der Waals surface area (Å²) in [5.74, 6) is -1.56. The van der Waals surface area contributed by atoms with Crippen LogP contribution in [0.3, 0.4) is 0 Å². The lowest BCUT2D eigenvalue weighted by Gasteiger charge is -2.14. The number of ether oxygens (including phenoxy) is 1. The molecular formula is C13H14F3NO3. The average Bonchev–Trinajstić information content (AvgIpc) is 2.87. The minimum absolute atomic E-state index is 0.203. The van der Waals surface area contributed by atoms with Gasteiger partial charge in [-0.3, -0.25) is 0 Å². The second kappa shape index (κ2) is 5.68. The topological polar surface area (TPSA) is 59.4 Å². The van der Waals surface area contributed by atoms with Crippen LogP contribution in [-0.4, -0.2) is 22.7 Å². The monoisotopic (exact) mass is 289 g/mol. The second-order valence-corrected chi connectivity index (χ2v) is 4.81. The molecule has 1 aliphatic carbocycles. The van der Waals surface area contributed by atoms with Gasteiger partial charge in [0.2, 0.25) is 5.88 Å². The molecule has 2 rings (SSSR count). The Bertz CT molecular complexity index is 496. The van der Waals surface area contributed by atoms with Gasteiger partial charge in [-0.15, -0.1) is 0 Å². The molecule has 0 bridgehead atoms. The fourth-order valence-corrected chi connectivity index (χ4v) is 2.24. The van der Waals surface area contributed by atoms with Crippen molar-refractivity contribution in [3.05, 3.63) is 23.4 Å². The Hall–Kier alpha value is -1.79. The van der Waals surface area contributed by atoms with Crippen LogP contribution in [0.2, 0.25) is 0 Å². The van der Waals surface area contributed by atoms with E-state index in [0.717, 1.165) is 31.7 Å². The molecule has 0 amide bonds. The Morgan fingerprint density at radius 2 is 2.00 bits per heavy atom. The van der Waals surface area contributed by atoms with E-state index >= 15 is 0 Å². The van der Waals surface area contributed by atoms with E-state index in [-0.39, 0.29) is 18.1 Å². The van der Waals surface area contributed by atoms with Crippen LogP contribution in [0.1, 0.15) is 41.7 Å². The minimum Gasteiger partial charge on any atom is -0.477 e. The molecule has 0 unspecified atom stereocenters. The predicted molar refractivity (Wildman–Crippen MR) is 63.7 cm³/mol. The van der Waals surface area contributed by atoms with Crippen LogP contribution in [0.25, 0.3) is 0 Å². The van der Waals surface area contributed by atoms with Crippen LogP contribution in [0.15, 0.2) is 12.1 Å². The number of rotatable bonds is 4. The van der Waals surface area contributed by atoms with E-state index in [4.69, 9.17) is 9.84 Å². The Balaban J connectivity index is 2.20. The van der Waals surface area contributed by atoms with E-state index in [9.17, 15) is 18.0 Å². The normalized spacial score (nSPS) is 16.4. The highest BCUT2D eigenvalue weighted by Gasteiger charge is 2.34. The number of hydrogen-bond donors (Lipinski definition) is 1. The van der Waals surface area contributed by atoms with E-state index in [2.05, 4.69) is 4.98 Å².